The number of halogens is 2. The Kier molecular flexibility index (Phi) is 9.37. The van der Waals surface area contributed by atoms with Gasteiger partial charge < -0.3 is 16.0 Å². The van der Waals surface area contributed by atoms with Crippen LogP contribution in [0.1, 0.15) is 6.92 Å². The van der Waals surface area contributed by atoms with Crippen molar-refractivity contribution < 1.29 is 0 Å². The molecule has 0 saturated heterocycles. The zero-order chi connectivity index (χ0) is 15.5. The van der Waals surface area contributed by atoms with Crippen molar-refractivity contribution in [1.82, 2.24) is 15.6 Å². The van der Waals surface area contributed by atoms with Crippen LogP contribution < -0.4 is 16.0 Å². The van der Waals surface area contributed by atoms with Crippen LogP contribution in [0.15, 0.2) is 17.3 Å². The minimum atomic E-state index is 0.517. The zero-order valence-corrected chi connectivity index (χ0v) is 14.6. The zero-order valence-electron chi connectivity index (χ0n) is 12.2. The van der Waals surface area contributed by atoms with E-state index >= 15 is 0 Å². The first kappa shape index (κ1) is 18.2. The van der Waals surface area contributed by atoms with Gasteiger partial charge >= 0.3 is 0 Å². The number of hydrogen-bond acceptors (Lipinski definition) is 4. The molecule has 3 N–H and O–H groups in total. The van der Waals surface area contributed by atoms with E-state index in [1.54, 1.807) is 24.0 Å². The van der Waals surface area contributed by atoms with Gasteiger partial charge in [-0.25, -0.2) is 4.98 Å². The molecule has 1 heterocycles. The third-order valence-corrected chi connectivity index (χ3v) is 3.51. The first-order valence-corrected chi connectivity index (χ1v) is 8.88. The van der Waals surface area contributed by atoms with Crippen molar-refractivity contribution in [1.29, 1.82) is 0 Å². The van der Waals surface area contributed by atoms with Gasteiger partial charge in [-0.15, -0.1) is 0 Å². The van der Waals surface area contributed by atoms with Crippen LogP contribution in [0.5, 0.6) is 0 Å². The highest BCUT2D eigenvalue weighted by molar-refractivity contribution is 7.98. The molecule has 0 saturated carbocycles. The first-order chi connectivity index (χ1) is 10.2. The number of hydrogen-bond donors (Lipinski definition) is 3. The third kappa shape index (κ3) is 7.64. The van der Waals surface area contributed by atoms with Gasteiger partial charge in [0, 0.05) is 31.6 Å². The summed E-state index contributed by atoms with van der Waals surface area (Å²) in [5.41, 5.74) is 0. The molecule has 0 bridgehead atoms. The van der Waals surface area contributed by atoms with Gasteiger partial charge in [0.1, 0.15) is 5.82 Å². The second kappa shape index (κ2) is 10.8. The van der Waals surface area contributed by atoms with Crippen molar-refractivity contribution in [3.05, 3.63) is 22.3 Å². The highest BCUT2D eigenvalue weighted by Crippen LogP contribution is 2.21. The summed E-state index contributed by atoms with van der Waals surface area (Å²) >= 11 is 13.6. The molecule has 0 amide bonds. The van der Waals surface area contributed by atoms with Crippen molar-refractivity contribution in [3.63, 3.8) is 0 Å². The van der Waals surface area contributed by atoms with Gasteiger partial charge in [0.2, 0.25) is 0 Å². The number of anilines is 1. The van der Waals surface area contributed by atoms with Gasteiger partial charge in [0.25, 0.3) is 0 Å². The van der Waals surface area contributed by atoms with Crippen LogP contribution >= 0.6 is 35.0 Å². The lowest BCUT2D eigenvalue weighted by Crippen LogP contribution is -2.39. The summed E-state index contributed by atoms with van der Waals surface area (Å²) in [5.74, 6) is 2.47. The Bertz CT molecular complexity index is 456. The summed E-state index contributed by atoms with van der Waals surface area (Å²) in [4.78, 5) is 8.60. The van der Waals surface area contributed by atoms with Crippen LogP contribution in [0.3, 0.4) is 0 Å². The van der Waals surface area contributed by atoms with E-state index in [2.05, 4.69) is 32.2 Å². The summed E-state index contributed by atoms with van der Waals surface area (Å²) in [6, 6.07) is 1.67. The predicted molar refractivity (Wildman–Crippen MR) is 95.1 cm³/mol. The number of nitrogens with one attached hydrogen (secondary N) is 3. The molecule has 118 valence electrons. The topological polar surface area (TPSA) is 61.3 Å². The van der Waals surface area contributed by atoms with E-state index in [-0.39, 0.29) is 0 Å². The van der Waals surface area contributed by atoms with E-state index in [0.29, 0.717) is 29.0 Å². The first-order valence-electron chi connectivity index (χ1n) is 6.73. The minimum Gasteiger partial charge on any atom is -0.367 e. The molecule has 8 heteroatoms. The minimum absolute atomic E-state index is 0.517. The fourth-order valence-electron chi connectivity index (χ4n) is 1.50. The number of aliphatic imine (C=N–C) groups is 1. The molecule has 1 rings (SSSR count). The average Bonchev–Trinajstić information content (AvgIpc) is 2.45. The van der Waals surface area contributed by atoms with Crippen molar-refractivity contribution in [2.24, 2.45) is 4.99 Å². The summed E-state index contributed by atoms with van der Waals surface area (Å²) < 4.78 is 0. The Morgan fingerprint density at radius 2 is 2.14 bits per heavy atom. The summed E-state index contributed by atoms with van der Waals surface area (Å²) in [5, 5.41) is 10.6. The molecule has 0 unspecified atom stereocenters. The van der Waals surface area contributed by atoms with Crippen molar-refractivity contribution in [3.8, 4) is 0 Å². The maximum atomic E-state index is 6.04. The van der Waals surface area contributed by atoms with Gasteiger partial charge in [-0.3, -0.25) is 4.99 Å². The van der Waals surface area contributed by atoms with Gasteiger partial charge in [-0.05, 0) is 19.2 Å². The fourth-order valence-corrected chi connectivity index (χ4v) is 2.22. The molecule has 0 radical (unpaired) electrons. The molecule has 0 fully saturated rings. The van der Waals surface area contributed by atoms with E-state index < -0.39 is 0 Å². The second-order valence-electron chi connectivity index (χ2n) is 4.09. The predicted octanol–water partition coefficient (Wildman–Crippen LogP) is 2.72. The van der Waals surface area contributed by atoms with Gasteiger partial charge in [0.15, 0.2) is 5.96 Å². The lowest BCUT2D eigenvalue weighted by Gasteiger charge is -2.12. The van der Waals surface area contributed by atoms with E-state index in [0.717, 1.165) is 24.8 Å². The van der Waals surface area contributed by atoms with Crippen LogP contribution in [0, 0.1) is 0 Å². The molecular formula is C13H21Cl2N5S. The lowest BCUT2D eigenvalue weighted by atomic mass is 10.4. The molecule has 0 atom stereocenters. The molecule has 1 aromatic rings. The largest absolute Gasteiger partial charge is 0.367 e. The molecule has 0 aliphatic heterocycles. The van der Waals surface area contributed by atoms with Crippen LogP contribution in [-0.2, 0) is 0 Å². The average molecular weight is 350 g/mol. The maximum Gasteiger partial charge on any atom is 0.191 e. The quantitative estimate of drug-likeness (QED) is 0.382. The monoisotopic (exact) mass is 349 g/mol. The van der Waals surface area contributed by atoms with E-state index in [1.165, 1.54) is 0 Å². The Hall–Kier alpha value is -0.850. The van der Waals surface area contributed by atoms with Crippen molar-refractivity contribution >= 4 is 46.7 Å². The summed E-state index contributed by atoms with van der Waals surface area (Å²) in [6.07, 6.45) is 3.64. The number of guanidine groups is 1. The second-order valence-corrected chi connectivity index (χ2v) is 5.92. The van der Waals surface area contributed by atoms with Crippen LogP contribution in [0.25, 0.3) is 0 Å². The molecule has 21 heavy (non-hydrogen) atoms. The van der Waals surface area contributed by atoms with Crippen LogP contribution in [0.4, 0.5) is 5.82 Å². The smallest absolute Gasteiger partial charge is 0.191 e. The van der Waals surface area contributed by atoms with Crippen LogP contribution in [-0.4, -0.2) is 49.1 Å². The van der Waals surface area contributed by atoms with E-state index in [9.17, 15) is 0 Å². The van der Waals surface area contributed by atoms with Crippen molar-refractivity contribution in [2.75, 3.05) is 43.5 Å². The highest BCUT2D eigenvalue weighted by Gasteiger charge is 2.02. The molecule has 0 aromatic carbocycles. The molecule has 5 nitrogen and oxygen atoms in total. The Morgan fingerprint density at radius 3 is 2.81 bits per heavy atom. The third-order valence-electron chi connectivity index (χ3n) is 2.43. The SMILES string of the molecule is CCNC(=NCCSC)NCCNc1ncc(Cl)cc1Cl. The Morgan fingerprint density at radius 1 is 1.33 bits per heavy atom. The number of pyridine rings is 1. The lowest BCUT2D eigenvalue weighted by molar-refractivity contribution is 0.824. The molecule has 0 aliphatic carbocycles. The molecule has 0 aliphatic rings. The normalized spacial score (nSPS) is 11.3. The highest BCUT2D eigenvalue weighted by atomic mass is 35.5. The fraction of sp³-hybridized carbons (Fsp3) is 0.538. The number of thioether (sulfide) groups is 1. The van der Waals surface area contributed by atoms with Gasteiger partial charge in [-0.1, -0.05) is 23.2 Å². The van der Waals surface area contributed by atoms with Gasteiger partial charge in [0.05, 0.1) is 16.6 Å². The Labute approximate surface area is 140 Å². The summed E-state index contributed by atoms with van der Waals surface area (Å²) in [6.45, 7) is 5.08. The Balaban J connectivity index is 2.34. The van der Waals surface area contributed by atoms with Crippen LogP contribution in [0.2, 0.25) is 10.0 Å². The molecule has 1 aromatic heterocycles. The van der Waals surface area contributed by atoms with Gasteiger partial charge in [-0.2, -0.15) is 11.8 Å². The standard InChI is InChI=1S/C13H21Cl2N5S/c1-3-16-13(19-6-7-21-2)18-5-4-17-12-11(15)8-10(14)9-20-12/h8-9H,3-7H2,1-2H3,(H,17,20)(H2,16,18,19). The number of nitrogens with zero attached hydrogens (tertiary/aromatic N) is 2. The number of aromatic nitrogens is 1. The molecular weight excluding hydrogens is 329 g/mol. The van der Waals surface area contributed by atoms with E-state index in [1.807, 2.05) is 6.92 Å². The summed E-state index contributed by atoms with van der Waals surface area (Å²) in [7, 11) is 0. The van der Waals surface area contributed by atoms with E-state index in [4.69, 9.17) is 23.2 Å². The maximum absolute atomic E-state index is 6.04. The molecule has 0 spiro atoms. The number of rotatable bonds is 8. The van der Waals surface area contributed by atoms with Crippen molar-refractivity contribution in [2.45, 2.75) is 6.92 Å².